The molecule has 4 heteroatoms. The average Bonchev–Trinajstić information content (AvgIpc) is 2.42. The van der Waals surface area contributed by atoms with E-state index in [1.165, 1.54) is 5.56 Å². The third kappa shape index (κ3) is 3.71. The maximum atomic E-state index is 5.52. The summed E-state index contributed by atoms with van der Waals surface area (Å²) >= 11 is 3.65. The van der Waals surface area contributed by atoms with E-state index in [0.29, 0.717) is 5.41 Å². The highest BCUT2D eigenvalue weighted by molar-refractivity contribution is 9.10. The van der Waals surface area contributed by atoms with E-state index < -0.39 is 0 Å². The molecule has 1 aliphatic heterocycles. The van der Waals surface area contributed by atoms with Crippen LogP contribution in [0.2, 0.25) is 0 Å². The largest absolute Gasteiger partial charge is 0.497 e. The first-order chi connectivity index (χ1) is 9.19. The Kier molecular flexibility index (Phi) is 5.25. The number of ether oxygens (including phenoxy) is 2. The summed E-state index contributed by atoms with van der Waals surface area (Å²) in [7, 11) is 3.74. The van der Waals surface area contributed by atoms with Gasteiger partial charge < -0.3 is 14.8 Å². The fraction of sp³-hybridized carbons (Fsp3) is 0.600. The number of rotatable bonds is 5. The maximum Gasteiger partial charge on any atom is 0.119 e. The summed E-state index contributed by atoms with van der Waals surface area (Å²) in [4.78, 5) is 0. The average molecular weight is 328 g/mol. The van der Waals surface area contributed by atoms with Gasteiger partial charge in [0.1, 0.15) is 5.75 Å². The van der Waals surface area contributed by atoms with Crippen molar-refractivity contribution < 1.29 is 9.47 Å². The molecule has 0 radical (unpaired) electrons. The van der Waals surface area contributed by atoms with Crippen LogP contribution in [-0.2, 0) is 11.2 Å². The van der Waals surface area contributed by atoms with Crippen molar-refractivity contribution in [2.45, 2.75) is 19.3 Å². The van der Waals surface area contributed by atoms with Gasteiger partial charge in [0.15, 0.2) is 0 Å². The van der Waals surface area contributed by atoms with Crippen LogP contribution in [0.4, 0.5) is 0 Å². The van der Waals surface area contributed by atoms with Gasteiger partial charge in [-0.05, 0) is 55.5 Å². The third-order valence-corrected chi connectivity index (χ3v) is 4.70. The predicted molar refractivity (Wildman–Crippen MR) is 80.8 cm³/mol. The molecular formula is C15H22BrNO2. The maximum absolute atomic E-state index is 5.52. The Hall–Kier alpha value is -0.580. The molecule has 3 nitrogen and oxygen atoms in total. The molecule has 106 valence electrons. The van der Waals surface area contributed by atoms with Gasteiger partial charge in [0.05, 0.1) is 7.11 Å². The Morgan fingerprint density at radius 2 is 2.11 bits per heavy atom. The summed E-state index contributed by atoms with van der Waals surface area (Å²) in [5.41, 5.74) is 1.61. The van der Waals surface area contributed by atoms with Crippen LogP contribution in [-0.4, -0.2) is 33.9 Å². The first-order valence-electron chi connectivity index (χ1n) is 6.74. The molecule has 0 amide bonds. The topological polar surface area (TPSA) is 30.5 Å². The summed E-state index contributed by atoms with van der Waals surface area (Å²) in [6.07, 6.45) is 3.27. The minimum absolute atomic E-state index is 0.294. The van der Waals surface area contributed by atoms with Crippen molar-refractivity contribution >= 4 is 15.9 Å². The van der Waals surface area contributed by atoms with Crippen molar-refractivity contribution in [2.75, 3.05) is 33.9 Å². The molecule has 1 aliphatic rings. The van der Waals surface area contributed by atoms with Gasteiger partial charge >= 0.3 is 0 Å². The third-order valence-electron chi connectivity index (χ3n) is 3.92. The number of methoxy groups -OCH3 is 1. The first-order valence-corrected chi connectivity index (χ1v) is 7.53. The molecule has 1 aromatic rings. The minimum Gasteiger partial charge on any atom is -0.497 e. The molecule has 0 saturated carbocycles. The normalized spacial score (nSPS) is 18.3. The van der Waals surface area contributed by atoms with E-state index in [-0.39, 0.29) is 0 Å². The molecule has 0 spiro atoms. The highest BCUT2D eigenvalue weighted by Gasteiger charge is 2.32. The van der Waals surface area contributed by atoms with Crippen molar-refractivity contribution in [3.05, 3.63) is 28.2 Å². The lowest BCUT2D eigenvalue weighted by atomic mass is 9.75. The molecule has 1 heterocycles. The van der Waals surface area contributed by atoms with Crippen LogP contribution in [0.1, 0.15) is 18.4 Å². The van der Waals surface area contributed by atoms with Crippen molar-refractivity contribution in [1.29, 1.82) is 0 Å². The highest BCUT2D eigenvalue weighted by atomic mass is 79.9. The summed E-state index contributed by atoms with van der Waals surface area (Å²) in [5.74, 6) is 0.921. The molecular weight excluding hydrogens is 306 g/mol. The number of halogens is 1. The van der Waals surface area contributed by atoms with E-state index >= 15 is 0 Å². The highest BCUT2D eigenvalue weighted by Crippen LogP contribution is 2.36. The monoisotopic (exact) mass is 327 g/mol. The number of benzene rings is 1. The van der Waals surface area contributed by atoms with E-state index in [0.717, 1.165) is 49.2 Å². The second-order valence-electron chi connectivity index (χ2n) is 5.28. The number of hydrogen-bond donors (Lipinski definition) is 1. The van der Waals surface area contributed by atoms with Gasteiger partial charge in [0.2, 0.25) is 0 Å². The van der Waals surface area contributed by atoms with Crippen LogP contribution >= 0.6 is 15.9 Å². The lowest BCUT2D eigenvalue weighted by Crippen LogP contribution is -2.39. The smallest absolute Gasteiger partial charge is 0.119 e. The Morgan fingerprint density at radius 1 is 1.37 bits per heavy atom. The molecule has 0 aromatic heterocycles. The van der Waals surface area contributed by atoms with E-state index in [4.69, 9.17) is 9.47 Å². The molecule has 2 rings (SSSR count). The lowest BCUT2D eigenvalue weighted by molar-refractivity contribution is 0.0157. The summed E-state index contributed by atoms with van der Waals surface area (Å²) in [6.45, 7) is 2.76. The molecule has 0 atom stereocenters. The Bertz CT molecular complexity index is 411. The van der Waals surface area contributed by atoms with E-state index in [1.807, 2.05) is 13.1 Å². The van der Waals surface area contributed by atoms with Gasteiger partial charge in [-0.2, -0.15) is 0 Å². The Morgan fingerprint density at radius 3 is 2.74 bits per heavy atom. The van der Waals surface area contributed by atoms with Crippen molar-refractivity contribution in [2.24, 2.45) is 5.41 Å². The van der Waals surface area contributed by atoms with Gasteiger partial charge in [0.25, 0.3) is 0 Å². The first kappa shape index (κ1) is 14.8. The van der Waals surface area contributed by atoms with Gasteiger partial charge in [-0.15, -0.1) is 0 Å². The van der Waals surface area contributed by atoms with Crippen molar-refractivity contribution in [3.63, 3.8) is 0 Å². The van der Waals surface area contributed by atoms with Gasteiger partial charge in [-0.1, -0.05) is 15.9 Å². The SMILES string of the molecule is CNCC1(Cc2cc(OC)ccc2Br)CCOCC1. The number of hydrogen-bond acceptors (Lipinski definition) is 3. The van der Waals surface area contributed by atoms with Crippen LogP contribution in [0.15, 0.2) is 22.7 Å². The standard InChI is InChI=1S/C15H22BrNO2/c1-17-11-15(5-7-19-8-6-15)10-12-9-13(18-2)3-4-14(12)16/h3-4,9,17H,5-8,10-11H2,1-2H3. The number of nitrogens with one attached hydrogen (secondary N) is 1. The van der Waals surface area contributed by atoms with Crippen LogP contribution < -0.4 is 10.1 Å². The summed E-state index contributed by atoms with van der Waals surface area (Å²) < 4.78 is 12.0. The lowest BCUT2D eigenvalue weighted by Gasteiger charge is -2.37. The Labute approximate surface area is 123 Å². The zero-order valence-electron chi connectivity index (χ0n) is 11.7. The summed E-state index contributed by atoms with van der Waals surface area (Å²) in [5, 5.41) is 3.34. The molecule has 1 saturated heterocycles. The second kappa shape index (κ2) is 6.73. The van der Waals surface area contributed by atoms with Gasteiger partial charge in [-0.25, -0.2) is 0 Å². The van der Waals surface area contributed by atoms with Gasteiger partial charge in [0, 0.05) is 24.2 Å². The van der Waals surface area contributed by atoms with E-state index in [1.54, 1.807) is 7.11 Å². The molecule has 0 unspecified atom stereocenters. The van der Waals surface area contributed by atoms with Crippen LogP contribution in [0.25, 0.3) is 0 Å². The molecule has 19 heavy (non-hydrogen) atoms. The fourth-order valence-electron chi connectivity index (χ4n) is 2.81. The molecule has 0 aliphatic carbocycles. The zero-order valence-corrected chi connectivity index (χ0v) is 13.3. The second-order valence-corrected chi connectivity index (χ2v) is 6.13. The molecule has 0 bridgehead atoms. The fourth-order valence-corrected chi connectivity index (χ4v) is 3.20. The molecule has 1 N–H and O–H groups in total. The predicted octanol–water partition coefficient (Wildman–Crippen LogP) is 3.02. The van der Waals surface area contributed by atoms with Gasteiger partial charge in [-0.3, -0.25) is 0 Å². The Balaban J connectivity index is 2.20. The van der Waals surface area contributed by atoms with Crippen molar-refractivity contribution in [1.82, 2.24) is 5.32 Å². The van der Waals surface area contributed by atoms with Crippen LogP contribution in [0, 0.1) is 5.41 Å². The minimum atomic E-state index is 0.294. The van der Waals surface area contributed by atoms with Crippen molar-refractivity contribution in [3.8, 4) is 5.75 Å². The van der Waals surface area contributed by atoms with E-state index in [2.05, 4.69) is 33.4 Å². The zero-order chi connectivity index (χ0) is 13.7. The molecule has 1 aromatic carbocycles. The quantitative estimate of drug-likeness (QED) is 0.901. The van der Waals surface area contributed by atoms with Crippen LogP contribution in [0.5, 0.6) is 5.75 Å². The van der Waals surface area contributed by atoms with E-state index in [9.17, 15) is 0 Å². The summed E-state index contributed by atoms with van der Waals surface area (Å²) in [6, 6.07) is 6.19. The van der Waals surface area contributed by atoms with Crippen LogP contribution in [0.3, 0.4) is 0 Å². The molecule has 1 fully saturated rings.